The van der Waals surface area contributed by atoms with Crippen LogP contribution in [0.25, 0.3) is 0 Å². The van der Waals surface area contributed by atoms with E-state index in [-0.39, 0.29) is 12.5 Å². The standard InChI is InChI=1S/C14H17F7O8S/c1-3-5-7-27-10(23)12(13(17,18)19,29-9(22)4-2)28-8-6-11(15,16)14(20,21)30(24,25)26/h4H,2-3,5-8H2,1H3,(H,24,25,26). The summed E-state index contributed by atoms with van der Waals surface area (Å²) in [7, 11) is -6.66. The highest BCUT2D eigenvalue weighted by Crippen LogP contribution is 2.42. The number of rotatable bonds is 12. The molecular weight excluding hydrogens is 461 g/mol. The molecule has 0 heterocycles. The van der Waals surface area contributed by atoms with E-state index in [2.05, 4.69) is 20.8 Å². The van der Waals surface area contributed by atoms with Crippen LogP contribution in [0, 0.1) is 0 Å². The molecular formula is C14H17F7O8S. The topological polar surface area (TPSA) is 116 Å². The Balaban J connectivity index is 5.85. The van der Waals surface area contributed by atoms with Gasteiger partial charge in [0.15, 0.2) is 0 Å². The van der Waals surface area contributed by atoms with E-state index in [4.69, 9.17) is 4.55 Å². The molecule has 0 aliphatic heterocycles. The summed E-state index contributed by atoms with van der Waals surface area (Å²) in [4.78, 5) is 23.2. The van der Waals surface area contributed by atoms with Gasteiger partial charge in [-0.3, -0.25) is 4.55 Å². The van der Waals surface area contributed by atoms with Crippen LogP contribution >= 0.6 is 0 Å². The molecule has 0 aromatic rings. The Kier molecular flexibility index (Phi) is 9.27. The number of unbranched alkanes of at least 4 members (excludes halogenated alkanes) is 1. The molecule has 0 amide bonds. The van der Waals surface area contributed by atoms with Gasteiger partial charge in [0.05, 0.1) is 13.2 Å². The van der Waals surface area contributed by atoms with Crippen LogP contribution in [-0.2, 0) is 33.9 Å². The molecule has 0 spiro atoms. The third-order valence-corrected chi connectivity index (χ3v) is 4.20. The predicted octanol–water partition coefficient (Wildman–Crippen LogP) is 2.84. The average Bonchev–Trinajstić information content (AvgIpc) is 2.58. The molecule has 8 nitrogen and oxygen atoms in total. The number of ether oxygens (including phenoxy) is 3. The van der Waals surface area contributed by atoms with E-state index in [0.29, 0.717) is 6.42 Å². The second kappa shape index (κ2) is 9.91. The Morgan fingerprint density at radius 1 is 1.07 bits per heavy atom. The highest BCUT2D eigenvalue weighted by molar-refractivity contribution is 7.87. The summed E-state index contributed by atoms with van der Waals surface area (Å²) < 4.78 is 135. The summed E-state index contributed by atoms with van der Waals surface area (Å²) in [6.07, 6.45) is -7.82. The third-order valence-electron chi connectivity index (χ3n) is 3.26. The lowest BCUT2D eigenvalue weighted by atomic mass is 10.2. The molecule has 1 N–H and O–H groups in total. The minimum absolute atomic E-state index is 0.0493. The first-order valence-corrected chi connectivity index (χ1v) is 9.29. The third kappa shape index (κ3) is 6.28. The van der Waals surface area contributed by atoms with Crippen molar-refractivity contribution in [3.05, 3.63) is 12.7 Å². The summed E-state index contributed by atoms with van der Waals surface area (Å²) in [5.74, 6) is -14.6. The fraction of sp³-hybridized carbons (Fsp3) is 0.714. The van der Waals surface area contributed by atoms with E-state index < -0.39 is 64.8 Å². The van der Waals surface area contributed by atoms with Gasteiger partial charge in [-0.15, -0.1) is 0 Å². The van der Waals surface area contributed by atoms with Crippen LogP contribution in [0.2, 0.25) is 0 Å². The first kappa shape index (κ1) is 28.1. The number of carbonyl (C=O) groups is 2. The molecule has 0 radical (unpaired) electrons. The van der Waals surface area contributed by atoms with Crippen molar-refractivity contribution in [2.75, 3.05) is 13.2 Å². The minimum Gasteiger partial charge on any atom is -0.461 e. The fourth-order valence-electron chi connectivity index (χ4n) is 1.63. The van der Waals surface area contributed by atoms with E-state index in [0.717, 1.165) is 0 Å². The SMILES string of the molecule is C=CC(=O)OC(OCCC(F)(F)C(F)(F)S(=O)(=O)O)(C(=O)OCCCC)C(F)(F)F. The van der Waals surface area contributed by atoms with Gasteiger partial charge in [-0.25, -0.2) is 9.59 Å². The van der Waals surface area contributed by atoms with Crippen LogP contribution in [-0.4, -0.2) is 61.3 Å². The Bertz CT molecular complexity index is 735. The normalized spacial score (nSPS) is 15.2. The van der Waals surface area contributed by atoms with Crippen LogP contribution in [0.4, 0.5) is 30.7 Å². The first-order chi connectivity index (χ1) is 13.4. The molecule has 0 rings (SSSR count). The van der Waals surface area contributed by atoms with Crippen molar-refractivity contribution in [2.45, 2.75) is 49.3 Å². The smallest absolute Gasteiger partial charge is 0.461 e. The van der Waals surface area contributed by atoms with E-state index in [1.54, 1.807) is 6.92 Å². The molecule has 0 aliphatic carbocycles. The van der Waals surface area contributed by atoms with E-state index in [9.17, 15) is 48.7 Å². The number of hydrogen-bond acceptors (Lipinski definition) is 7. The maximum atomic E-state index is 13.5. The monoisotopic (exact) mass is 478 g/mol. The maximum Gasteiger partial charge on any atom is 0.468 e. The van der Waals surface area contributed by atoms with Crippen molar-refractivity contribution in [1.82, 2.24) is 0 Å². The minimum atomic E-state index is -6.66. The summed E-state index contributed by atoms with van der Waals surface area (Å²) in [5, 5.41) is -6.09. The van der Waals surface area contributed by atoms with Crippen LogP contribution < -0.4 is 0 Å². The number of alkyl halides is 7. The van der Waals surface area contributed by atoms with Crippen molar-refractivity contribution in [3.63, 3.8) is 0 Å². The highest BCUT2D eigenvalue weighted by Gasteiger charge is 2.69. The van der Waals surface area contributed by atoms with Crippen molar-refractivity contribution in [1.29, 1.82) is 0 Å². The van der Waals surface area contributed by atoms with Crippen LogP contribution in [0.3, 0.4) is 0 Å². The Hall–Kier alpha value is -1.94. The van der Waals surface area contributed by atoms with Gasteiger partial charge in [0.25, 0.3) is 0 Å². The van der Waals surface area contributed by atoms with Crippen molar-refractivity contribution in [2.24, 2.45) is 0 Å². The van der Waals surface area contributed by atoms with Crippen LogP contribution in [0.15, 0.2) is 12.7 Å². The van der Waals surface area contributed by atoms with Gasteiger partial charge in [0, 0.05) is 12.5 Å². The second-order valence-corrected chi connectivity index (χ2v) is 6.99. The molecule has 30 heavy (non-hydrogen) atoms. The Morgan fingerprint density at radius 2 is 1.60 bits per heavy atom. The number of hydrogen-bond donors (Lipinski definition) is 1. The molecule has 0 aromatic carbocycles. The summed E-state index contributed by atoms with van der Waals surface area (Å²) in [6, 6.07) is 0. The summed E-state index contributed by atoms with van der Waals surface area (Å²) in [5.41, 5.74) is 0. The summed E-state index contributed by atoms with van der Waals surface area (Å²) in [6.45, 7) is 1.64. The second-order valence-electron chi connectivity index (χ2n) is 5.52. The highest BCUT2D eigenvalue weighted by atomic mass is 32.2. The zero-order valence-corrected chi connectivity index (χ0v) is 16.0. The van der Waals surface area contributed by atoms with Crippen molar-refractivity contribution < 1.29 is 67.5 Å². The van der Waals surface area contributed by atoms with Crippen molar-refractivity contribution >= 4 is 22.1 Å². The molecule has 1 unspecified atom stereocenters. The van der Waals surface area contributed by atoms with Gasteiger partial charge < -0.3 is 14.2 Å². The van der Waals surface area contributed by atoms with Gasteiger partial charge >= 0.3 is 45.2 Å². The van der Waals surface area contributed by atoms with Gasteiger partial charge in [-0.2, -0.15) is 39.2 Å². The largest absolute Gasteiger partial charge is 0.468 e. The summed E-state index contributed by atoms with van der Waals surface area (Å²) >= 11 is 0. The number of halogens is 7. The Morgan fingerprint density at radius 3 is 2.00 bits per heavy atom. The van der Waals surface area contributed by atoms with Gasteiger partial charge in [-0.1, -0.05) is 19.9 Å². The first-order valence-electron chi connectivity index (χ1n) is 7.85. The molecule has 0 aromatic heterocycles. The molecule has 1 atom stereocenters. The molecule has 0 aliphatic rings. The van der Waals surface area contributed by atoms with E-state index in [1.807, 2.05) is 0 Å². The van der Waals surface area contributed by atoms with E-state index >= 15 is 0 Å². The quantitative estimate of drug-likeness (QED) is 0.114. The fourth-order valence-corrected chi connectivity index (χ4v) is 2.11. The zero-order valence-electron chi connectivity index (χ0n) is 15.2. The molecule has 0 saturated heterocycles. The van der Waals surface area contributed by atoms with Gasteiger partial charge in [-0.05, 0) is 6.42 Å². The zero-order chi connectivity index (χ0) is 24.0. The van der Waals surface area contributed by atoms with Crippen LogP contribution in [0.1, 0.15) is 26.2 Å². The molecule has 0 fully saturated rings. The molecule has 0 saturated carbocycles. The van der Waals surface area contributed by atoms with Gasteiger partial charge in [0.2, 0.25) is 0 Å². The molecule has 0 bridgehead atoms. The number of carbonyl (C=O) groups excluding carboxylic acids is 2. The van der Waals surface area contributed by atoms with E-state index in [1.165, 1.54) is 0 Å². The average molecular weight is 478 g/mol. The Labute approximate surface area is 165 Å². The lowest BCUT2D eigenvalue weighted by molar-refractivity contribution is -0.356. The lowest BCUT2D eigenvalue weighted by Crippen LogP contribution is -2.58. The molecule has 176 valence electrons. The van der Waals surface area contributed by atoms with Crippen LogP contribution in [0.5, 0.6) is 0 Å². The lowest BCUT2D eigenvalue weighted by Gasteiger charge is -2.32. The number of esters is 2. The maximum absolute atomic E-state index is 13.5. The predicted molar refractivity (Wildman–Crippen MR) is 83.0 cm³/mol. The van der Waals surface area contributed by atoms with Crippen molar-refractivity contribution in [3.8, 4) is 0 Å². The molecule has 16 heteroatoms. The van der Waals surface area contributed by atoms with Gasteiger partial charge in [0.1, 0.15) is 0 Å².